The summed E-state index contributed by atoms with van der Waals surface area (Å²) < 4.78 is 0. The highest BCUT2D eigenvalue weighted by Gasteiger charge is 2.17. The molecule has 20 heavy (non-hydrogen) atoms. The molecule has 1 N–H and O–H groups in total. The molecule has 0 aliphatic carbocycles. The Morgan fingerprint density at radius 3 is 2.95 bits per heavy atom. The third kappa shape index (κ3) is 1.90. The Balaban J connectivity index is 2.31. The van der Waals surface area contributed by atoms with Crippen molar-refractivity contribution in [1.82, 2.24) is 15.0 Å². The van der Waals surface area contributed by atoms with Crippen LogP contribution in [0, 0.1) is 17.0 Å². The number of non-ortho nitro benzene ring substituents is 1. The third-order valence-electron chi connectivity index (χ3n) is 3.09. The SMILES string of the molecule is Cc1cnc(Cl)nc1-c1c[nH]c2c([N+](=O)[O-])cccc12. The van der Waals surface area contributed by atoms with Crippen LogP contribution < -0.4 is 0 Å². The summed E-state index contributed by atoms with van der Waals surface area (Å²) in [5.74, 6) is 0. The predicted molar refractivity (Wildman–Crippen MR) is 75.7 cm³/mol. The highest BCUT2D eigenvalue weighted by Crippen LogP contribution is 2.33. The van der Waals surface area contributed by atoms with E-state index < -0.39 is 4.92 Å². The van der Waals surface area contributed by atoms with Crippen LogP contribution in [0.4, 0.5) is 5.69 Å². The van der Waals surface area contributed by atoms with Crippen molar-refractivity contribution in [1.29, 1.82) is 0 Å². The molecule has 1 aromatic carbocycles. The minimum atomic E-state index is -0.414. The number of nitro groups is 1. The molecule has 0 saturated heterocycles. The summed E-state index contributed by atoms with van der Waals surface area (Å²) in [6.07, 6.45) is 3.32. The molecule has 0 bridgehead atoms. The second-order valence-corrected chi connectivity index (χ2v) is 4.67. The zero-order valence-electron chi connectivity index (χ0n) is 10.4. The smallest absolute Gasteiger partial charge is 0.293 e. The van der Waals surface area contributed by atoms with E-state index in [1.54, 1.807) is 18.5 Å². The molecule has 0 saturated carbocycles. The number of para-hydroxylation sites is 1. The number of nitrogens with one attached hydrogen (secondary N) is 1. The van der Waals surface area contributed by atoms with Crippen molar-refractivity contribution in [2.45, 2.75) is 6.92 Å². The van der Waals surface area contributed by atoms with Gasteiger partial charge in [0.1, 0.15) is 5.52 Å². The van der Waals surface area contributed by atoms with Crippen molar-refractivity contribution in [3.05, 3.63) is 51.6 Å². The van der Waals surface area contributed by atoms with Gasteiger partial charge in [0.05, 0.1) is 10.6 Å². The van der Waals surface area contributed by atoms with Gasteiger partial charge in [-0.05, 0) is 24.1 Å². The average Bonchev–Trinajstić information content (AvgIpc) is 2.85. The lowest BCUT2D eigenvalue weighted by Gasteiger charge is -2.03. The van der Waals surface area contributed by atoms with Gasteiger partial charge in [0, 0.05) is 29.4 Å². The van der Waals surface area contributed by atoms with E-state index >= 15 is 0 Å². The molecular formula is C13H9ClN4O2. The third-order valence-corrected chi connectivity index (χ3v) is 3.27. The molecule has 100 valence electrons. The van der Waals surface area contributed by atoms with Crippen molar-refractivity contribution in [2.75, 3.05) is 0 Å². The van der Waals surface area contributed by atoms with E-state index in [1.807, 2.05) is 13.0 Å². The van der Waals surface area contributed by atoms with Crippen molar-refractivity contribution < 1.29 is 4.92 Å². The van der Waals surface area contributed by atoms with Gasteiger partial charge >= 0.3 is 0 Å². The quantitative estimate of drug-likeness (QED) is 0.444. The highest BCUT2D eigenvalue weighted by molar-refractivity contribution is 6.28. The lowest BCUT2D eigenvalue weighted by Crippen LogP contribution is -1.91. The lowest BCUT2D eigenvalue weighted by atomic mass is 10.1. The molecule has 3 rings (SSSR count). The minimum Gasteiger partial charge on any atom is -0.355 e. The normalized spacial score (nSPS) is 10.9. The number of aromatic amines is 1. The zero-order chi connectivity index (χ0) is 14.3. The topological polar surface area (TPSA) is 84.7 Å². The van der Waals surface area contributed by atoms with Gasteiger partial charge in [-0.15, -0.1) is 0 Å². The highest BCUT2D eigenvalue weighted by atomic mass is 35.5. The van der Waals surface area contributed by atoms with Crippen LogP contribution in [0.15, 0.2) is 30.6 Å². The van der Waals surface area contributed by atoms with Crippen LogP contribution in [0.3, 0.4) is 0 Å². The molecule has 3 aromatic rings. The number of halogens is 1. The maximum absolute atomic E-state index is 11.0. The predicted octanol–water partition coefficient (Wildman–Crippen LogP) is 3.49. The molecule has 6 nitrogen and oxygen atoms in total. The van der Waals surface area contributed by atoms with Gasteiger partial charge < -0.3 is 4.98 Å². The summed E-state index contributed by atoms with van der Waals surface area (Å²) in [6, 6.07) is 4.92. The van der Waals surface area contributed by atoms with E-state index in [2.05, 4.69) is 15.0 Å². The Hall–Kier alpha value is -2.47. The summed E-state index contributed by atoms with van der Waals surface area (Å²) in [6.45, 7) is 1.86. The number of nitro benzene ring substituents is 1. The van der Waals surface area contributed by atoms with Crippen LogP contribution in [0.1, 0.15) is 5.56 Å². The van der Waals surface area contributed by atoms with E-state index in [0.717, 1.165) is 16.5 Å². The maximum Gasteiger partial charge on any atom is 0.293 e. The molecule has 0 radical (unpaired) electrons. The van der Waals surface area contributed by atoms with E-state index in [-0.39, 0.29) is 11.0 Å². The van der Waals surface area contributed by atoms with E-state index in [1.165, 1.54) is 6.07 Å². The van der Waals surface area contributed by atoms with Crippen LogP contribution >= 0.6 is 11.6 Å². The fraction of sp³-hybridized carbons (Fsp3) is 0.0769. The first-order valence-electron chi connectivity index (χ1n) is 5.82. The molecule has 0 aliphatic rings. The summed E-state index contributed by atoms with van der Waals surface area (Å²) in [7, 11) is 0. The number of H-pyrrole nitrogens is 1. The van der Waals surface area contributed by atoms with Crippen LogP contribution in [0.5, 0.6) is 0 Å². The van der Waals surface area contributed by atoms with E-state index in [0.29, 0.717) is 11.2 Å². The van der Waals surface area contributed by atoms with Crippen molar-refractivity contribution in [2.24, 2.45) is 0 Å². The lowest BCUT2D eigenvalue weighted by molar-refractivity contribution is -0.383. The molecule has 2 aromatic heterocycles. The summed E-state index contributed by atoms with van der Waals surface area (Å²) in [5, 5.41) is 11.9. The fourth-order valence-electron chi connectivity index (χ4n) is 2.18. The van der Waals surface area contributed by atoms with Gasteiger partial charge in [-0.1, -0.05) is 12.1 Å². The van der Waals surface area contributed by atoms with E-state index in [9.17, 15) is 10.1 Å². The van der Waals surface area contributed by atoms with Crippen LogP contribution in [0.25, 0.3) is 22.2 Å². The number of nitrogens with zero attached hydrogens (tertiary/aromatic N) is 3. The Labute approximate surface area is 118 Å². The first-order chi connectivity index (χ1) is 9.58. The maximum atomic E-state index is 11.0. The molecule has 2 heterocycles. The Kier molecular flexibility index (Phi) is 2.87. The van der Waals surface area contributed by atoms with Gasteiger partial charge in [0.2, 0.25) is 5.28 Å². The molecule has 0 spiro atoms. The van der Waals surface area contributed by atoms with Crippen LogP contribution in [-0.4, -0.2) is 19.9 Å². The summed E-state index contributed by atoms with van der Waals surface area (Å²) >= 11 is 5.83. The standard InChI is InChI=1S/C13H9ClN4O2/c1-7-5-16-13(14)17-11(7)9-6-15-12-8(9)3-2-4-10(12)18(19)20/h2-6,15H,1H3. The van der Waals surface area contributed by atoms with Crippen molar-refractivity contribution >= 4 is 28.2 Å². The number of fused-ring (bicyclic) bond motifs is 1. The molecule has 0 atom stereocenters. The molecule has 0 amide bonds. The van der Waals surface area contributed by atoms with Crippen LogP contribution in [-0.2, 0) is 0 Å². The molecule has 7 heteroatoms. The van der Waals surface area contributed by atoms with Gasteiger partial charge in [-0.3, -0.25) is 10.1 Å². The monoisotopic (exact) mass is 288 g/mol. The number of aryl methyl sites for hydroxylation is 1. The zero-order valence-corrected chi connectivity index (χ0v) is 11.2. The van der Waals surface area contributed by atoms with Gasteiger partial charge in [0.25, 0.3) is 5.69 Å². The molecule has 0 unspecified atom stereocenters. The second-order valence-electron chi connectivity index (χ2n) is 4.33. The van der Waals surface area contributed by atoms with E-state index in [4.69, 9.17) is 11.6 Å². The molecule has 0 aliphatic heterocycles. The number of benzene rings is 1. The summed E-state index contributed by atoms with van der Waals surface area (Å²) in [5.41, 5.74) is 2.79. The number of hydrogen-bond donors (Lipinski definition) is 1. The average molecular weight is 289 g/mol. The summed E-state index contributed by atoms with van der Waals surface area (Å²) in [4.78, 5) is 21.7. The largest absolute Gasteiger partial charge is 0.355 e. The van der Waals surface area contributed by atoms with Crippen LogP contribution in [0.2, 0.25) is 5.28 Å². The van der Waals surface area contributed by atoms with Gasteiger partial charge in [0.15, 0.2) is 0 Å². The molecular weight excluding hydrogens is 280 g/mol. The Morgan fingerprint density at radius 1 is 1.40 bits per heavy atom. The first-order valence-corrected chi connectivity index (χ1v) is 6.19. The number of hydrogen-bond acceptors (Lipinski definition) is 4. The molecule has 0 fully saturated rings. The Bertz CT molecular complexity index is 828. The fourth-order valence-corrected chi connectivity index (χ4v) is 2.31. The number of aromatic nitrogens is 3. The van der Waals surface area contributed by atoms with Crippen molar-refractivity contribution in [3.63, 3.8) is 0 Å². The second kappa shape index (κ2) is 4.57. The van der Waals surface area contributed by atoms with Crippen molar-refractivity contribution in [3.8, 4) is 11.3 Å². The Morgan fingerprint density at radius 2 is 2.20 bits per heavy atom. The minimum absolute atomic E-state index is 0.0338. The van der Waals surface area contributed by atoms with Gasteiger partial charge in [-0.2, -0.15) is 0 Å². The first kappa shape index (κ1) is 12.6. The van der Waals surface area contributed by atoms with Gasteiger partial charge in [-0.25, -0.2) is 9.97 Å². The number of rotatable bonds is 2.